The van der Waals surface area contributed by atoms with Crippen LogP contribution in [0.2, 0.25) is 0 Å². The van der Waals surface area contributed by atoms with Crippen molar-refractivity contribution in [1.82, 2.24) is 0 Å². The first-order valence-corrected chi connectivity index (χ1v) is 0.908. The quantitative estimate of drug-likeness (QED) is 0.383. The summed E-state index contributed by atoms with van der Waals surface area (Å²) in [6, 6.07) is 0. The van der Waals surface area contributed by atoms with Crippen molar-refractivity contribution in [3.05, 3.63) is 13.2 Å². The summed E-state index contributed by atoms with van der Waals surface area (Å²) in [6.07, 6.45) is 0.250. The molecule has 0 saturated carbocycles. The molecule has 0 aromatic heterocycles. The smallest absolute Gasteiger partial charge is 0.186 e. The van der Waals surface area contributed by atoms with E-state index in [-0.39, 0.29) is 6.15 Å². The van der Waals surface area contributed by atoms with E-state index in [9.17, 15) is 0 Å². The maximum Gasteiger partial charge on any atom is 0.373 e. The minimum atomic E-state index is 0.250. The van der Waals surface area contributed by atoms with Crippen molar-refractivity contribution in [2.75, 3.05) is 0 Å². The predicted octanol–water partition coefficient (Wildman–Crippen LogP) is 0.219. The molecule has 0 amide bonds. The largest absolute Gasteiger partial charge is 0.373 e. The van der Waals surface area contributed by atoms with Gasteiger partial charge < -0.3 is 0 Å². The van der Waals surface area contributed by atoms with Gasteiger partial charge >= 0.3 is 6.15 Å². The van der Waals surface area contributed by atoms with Gasteiger partial charge in [-0.3, -0.25) is 0 Å². The first-order valence-electron chi connectivity index (χ1n) is 0.908. The molecule has 0 aliphatic carbocycles. The molecule has 0 bridgehead atoms. The highest BCUT2D eigenvalue weighted by molar-refractivity contribution is 5.20. The highest BCUT2D eigenvalue weighted by Gasteiger charge is 1.13. The summed E-state index contributed by atoms with van der Waals surface area (Å²) in [5.41, 5.74) is 0. The van der Waals surface area contributed by atoms with Crippen molar-refractivity contribution in [2.24, 2.45) is 0 Å². The van der Waals surface area contributed by atoms with Crippen molar-refractivity contribution in [1.29, 1.82) is 0 Å². The van der Waals surface area contributed by atoms with Gasteiger partial charge in [0.05, 0.1) is 0 Å². The molecular weight excluding hydrogens is 68.0 g/mol. The third kappa shape index (κ3) is 5.05. The van der Waals surface area contributed by atoms with Gasteiger partial charge in [-0.15, -0.1) is 13.2 Å². The number of carbonyl (C=O) groups excluding carboxylic acids is 2. The third-order valence-corrected chi connectivity index (χ3v) is 0. The molecule has 0 unspecified atom stereocenters. The zero-order valence-corrected chi connectivity index (χ0v) is 2.73. The molecule has 5 heavy (non-hydrogen) atoms. The standard InChI is InChI=1S/C2H4.CO2/c1-2;2-1-3/h1-2H2;. The Hall–Kier alpha value is -0.880. The summed E-state index contributed by atoms with van der Waals surface area (Å²) in [6.45, 7) is 6.00. The maximum atomic E-state index is 8.12. The van der Waals surface area contributed by atoms with Crippen LogP contribution >= 0.6 is 0 Å². The molecule has 0 heterocycles. The Bertz CT molecular complexity index is 34.2. The third-order valence-electron chi connectivity index (χ3n) is 0. The number of hydrogen-bond acceptors (Lipinski definition) is 2. The maximum absolute atomic E-state index is 8.12. The van der Waals surface area contributed by atoms with E-state index in [1.54, 1.807) is 0 Å². The van der Waals surface area contributed by atoms with Crippen LogP contribution in [0.3, 0.4) is 0 Å². The Balaban J connectivity index is 0. The van der Waals surface area contributed by atoms with Gasteiger partial charge in [-0.25, -0.2) is 0 Å². The van der Waals surface area contributed by atoms with Crippen molar-refractivity contribution in [3.8, 4) is 0 Å². The highest BCUT2D eigenvalue weighted by Crippen LogP contribution is 0.862. The van der Waals surface area contributed by atoms with Gasteiger partial charge in [-0.2, -0.15) is 9.59 Å². The summed E-state index contributed by atoms with van der Waals surface area (Å²) < 4.78 is 0. The van der Waals surface area contributed by atoms with Crippen molar-refractivity contribution in [3.63, 3.8) is 0 Å². The van der Waals surface area contributed by atoms with E-state index in [4.69, 9.17) is 9.59 Å². The lowest BCUT2D eigenvalue weighted by molar-refractivity contribution is -0.191. The predicted molar refractivity (Wildman–Crippen MR) is 16.3 cm³/mol. The van der Waals surface area contributed by atoms with Crippen LogP contribution in [-0.4, -0.2) is 6.15 Å². The fraction of sp³-hybridized carbons (Fsp3) is 0. The zero-order valence-electron chi connectivity index (χ0n) is 2.73. The van der Waals surface area contributed by atoms with Crippen LogP contribution in [0.5, 0.6) is 0 Å². The SMILES string of the molecule is C=C.O=C=O. The fourth-order valence-electron chi connectivity index (χ4n) is 0. The van der Waals surface area contributed by atoms with E-state index < -0.39 is 0 Å². The summed E-state index contributed by atoms with van der Waals surface area (Å²) in [5.74, 6) is 0. The lowest BCUT2D eigenvalue weighted by Crippen LogP contribution is -1.22. The monoisotopic (exact) mass is 72.0 g/mol. The summed E-state index contributed by atoms with van der Waals surface area (Å²) in [5, 5.41) is 0. The van der Waals surface area contributed by atoms with Gasteiger partial charge in [0.15, 0.2) is 0 Å². The average molecular weight is 72.1 g/mol. The van der Waals surface area contributed by atoms with Crippen LogP contribution in [0.4, 0.5) is 0 Å². The second-order valence-corrected chi connectivity index (χ2v) is 0.0833. The van der Waals surface area contributed by atoms with Gasteiger partial charge in [-0.1, -0.05) is 0 Å². The molecule has 2 nitrogen and oxygen atoms in total. The van der Waals surface area contributed by atoms with Gasteiger partial charge in [-0.05, 0) is 0 Å². The average Bonchev–Trinajstić information content (AvgIpc) is 1.46. The zero-order chi connectivity index (χ0) is 4.71. The number of hydrogen-bond donors (Lipinski definition) is 0. The van der Waals surface area contributed by atoms with E-state index >= 15 is 0 Å². The van der Waals surface area contributed by atoms with Crippen LogP contribution < -0.4 is 0 Å². The van der Waals surface area contributed by atoms with Gasteiger partial charge in [0, 0.05) is 0 Å². The van der Waals surface area contributed by atoms with Crippen LogP contribution in [-0.2, 0) is 9.59 Å². The molecular formula is C3H4O2. The molecule has 0 saturated heterocycles. The molecule has 0 rings (SSSR count). The Labute approximate surface area is 30.1 Å². The van der Waals surface area contributed by atoms with Gasteiger partial charge in [0.2, 0.25) is 0 Å². The van der Waals surface area contributed by atoms with E-state index in [0.717, 1.165) is 0 Å². The minimum absolute atomic E-state index is 0.250. The summed E-state index contributed by atoms with van der Waals surface area (Å²) >= 11 is 0. The molecule has 28 valence electrons. The van der Waals surface area contributed by atoms with E-state index in [1.807, 2.05) is 0 Å². The summed E-state index contributed by atoms with van der Waals surface area (Å²) in [7, 11) is 0. The molecule has 0 spiro atoms. The molecule has 0 aliphatic heterocycles. The molecule has 2 heteroatoms. The summed E-state index contributed by atoms with van der Waals surface area (Å²) in [4.78, 5) is 16.2. The Morgan fingerprint density at radius 1 is 1.20 bits per heavy atom. The molecule has 0 atom stereocenters. The van der Waals surface area contributed by atoms with Crippen molar-refractivity contribution < 1.29 is 9.59 Å². The molecule has 0 radical (unpaired) electrons. The first-order chi connectivity index (χ1) is 2.41. The molecule has 0 aromatic rings. The van der Waals surface area contributed by atoms with E-state index in [2.05, 4.69) is 13.2 Å². The second kappa shape index (κ2) is 974. The topological polar surface area (TPSA) is 34.1 Å². The van der Waals surface area contributed by atoms with Crippen LogP contribution in [0.15, 0.2) is 13.2 Å². The van der Waals surface area contributed by atoms with E-state index in [0.29, 0.717) is 0 Å². The Morgan fingerprint density at radius 3 is 1.20 bits per heavy atom. The molecule has 0 aromatic carbocycles. The molecule has 0 aliphatic rings. The van der Waals surface area contributed by atoms with Gasteiger partial charge in [0.1, 0.15) is 0 Å². The number of rotatable bonds is 0. The van der Waals surface area contributed by atoms with Crippen molar-refractivity contribution in [2.45, 2.75) is 0 Å². The van der Waals surface area contributed by atoms with Crippen LogP contribution in [0.25, 0.3) is 0 Å². The minimum Gasteiger partial charge on any atom is -0.186 e. The van der Waals surface area contributed by atoms with Crippen molar-refractivity contribution >= 4 is 6.15 Å². The fourth-order valence-corrected chi connectivity index (χ4v) is 0. The lowest BCUT2D eigenvalue weighted by Gasteiger charge is -0.945. The normalized spacial score (nSPS) is 2.40. The second-order valence-electron chi connectivity index (χ2n) is 0.0833. The first kappa shape index (κ1) is 8.92. The van der Waals surface area contributed by atoms with Crippen LogP contribution in [0.1, 0.15) is 0 Å². The molecule has 0 fully saturated rings. The lowest BCUT2D eigenvalue weighted by atomic mass is 11.3. The Kier molecular flexibility index (Phi) is 1740. The van der Waals surface area contributed by atoms with Crippen LogP contribution in [0, 0.1) is 0 Å². The Morgan fingerprint density at radius 2 is 1.20 bits per heavy atom. The van der Waals surface area contributed by atoms with Gasteiger partial charge in [0.25, 0.3) is 0 Å². The molecule has 0 N–H and O–H groups in total. The van der Waals surface area contributed by atoms with E-state index in [1.165, 1.54) is 0 Å². The highest BCUT2D eigenvalue weighted by atomic mass is 16.2.